The van der Waals surface area contributed by atoms with Gasteiger partial charge in [0.2, 0.25) is 0 Å². The zero-order chi connectivity index (χ0) is 13.1. The van der Waals surface area contributed by atoms with Gasteiger partial charge >= 0.3 is 0 Å². The second kappa shape index (κ2) is 9.80. The molecular formula is C15H22O3. The van der Waals surface area contributed by atoms with Crippen LogP contribution in [0.5, 0.6) is 0 Å². The Morgan fingerprint density at radius 2 is 1.78 bits per heavy atom. The van der Waals surface area contributed by atoms with Crippen LogP contribution in [0.2, 0.25) is 0 Å². The average molecular weight is 250 g/mol. The number of hydrogen-bond acceptors (Lipinski definition) is 3. The van der Waals surface area contributed by atoms with E-state index in [-0.39, 0.29) is 12.4 Å². The number of Topliss-reactive ketones (excluding diaryl/α,β-unsaturated/α-hetero) is 1. The minimum absolute atomic E-state index is 0.106. The number of unbranched alkanes of at least 4 members (excludes halogenated alkanes) is 1. The molecular weight excluding hydrogens is 228 g/mol. The van der Waals surface area contributed by atoms with Gasteiger partial charge in [-0.15, -0.1) is 0 Å². The molecule has 0 aromatic heterocycles. The number of benzene rings is 1. The van der Waals surface area contributed by atoms with E-state index in [1.807, 2.05) is 30.3 Å². The molecule has 0 heterocycles. The van der Waals surface area contributed by atoms with Crippen molar-refractivity contribution in [3.8, 4) is 0 Å². The molecule has 3 nitrogen and oxygen atoms in total. The summed E-state index contributed by atoms with van der Waals surface area (Å²) in [6.07, 6.45) is 2.65. The molecule has 0 unspecified atom stereocenters. The van der Waals surface area contributed by atoms with Gasteiger partial charge in [-0.2, -0.15) is 0 Å². The lowest BCUT2D eigenvalue weighted by Crippen LogP contribution is -2.14. The molecule has 1 rings (SSSR count). The van der Waals surface area contributed by atoms with Gasteiger partial charge in [0.05, 0.1) is 13.2 Å². The first kappa shape index (κ1) is 14.9. The number of rotatable bonds is 10. The fourth-order valence-electron chi connectivity index (χ4n) is 1.53. The van der Waals surface area contributed by atoms with Crippen molar-refractivity contribution < 1.29 is 14.3 Å². The summed E-state index contributed by atoms with van der Waals surface area (Å²) in [6.45, 7) is 4.13. The van der Waals surface area contributed by atoms with E-state index in [0.29, 0.717) is 19.6 Å². The Labute approximate surface area is 109 Å². The van der Waals surface area contributed by atoms with Crippen molar-refractivity contribution in [1.82, 2.24) is 0 Å². The van der Waals surface area contributed by atoms with E-state index in [4.69, 9.17) is 9.47 Å². The minimum Gasteiger partial charge on any atom is -0.379 e. The van der Waals surface area contributed by atoms with E-state index in [0.717, 1.165) is 25.0 Å². The number of carbonyl (C=O) groups excluding carboxylic acids is 1. The lowest BCUT2D eigenvalue weighted by atomic mass is 10.1. The Balaban J connectivity index is 2.00. The third kappa shape index (κ3) is 7.20. The molecule has 3 heteroatoms. The second-order valence-corrected chi connectivity index (χ2v) is 4.22. The van der Waals surface area contributed by atoms with Crippen LogP contribution >= 0.6 is 0 Å². The monoisotopic (exact) mass is 250 g/mol. The van der Waals surface area contributed by atoms with Gasteiger partial charge in [0.25, 0.3) is 0 Å². The van der Waals surface area contributed by atoms with Crippen molar-refractivity contribution in [3.05, 3.63) is 35.9 Å². The number of carbonyl (C=O) groups is 1. The molecule has 0 atom stereocenters. The molecule has 0 aliphatic carbocycles. The SMILES string of the molecule is CCCCOCCOCC(=O)Cc1ccccc1. The van der Waals surface area contributed by atoms with Crippen molar-refractivity contribution >= 4 is 5.78 Å². The molecule has 0 spiro atoms. The third-order valence-electron chi connectivity index (χ3n) is 2.52. The highest BCUT2D eigenvalue weighted by molar-refractivity contribution is 5.81. The van der Waals surface area contributed by atoms with Crippen LogP contribution in [0.1, 0.15) is 25.3 Å². The van der Waals surface area contributed by atoms with E-state index in [1.165, 1.54) is 0 Å². The van der Waals surface area contributed by atoms with E-state index in [9.17, 15) is 4.79 Å². The molecule has 0 radical (unpaired) electrons. The van der Waals surface area contributed by atoms with E-state index in [2.05, 4.69) is 6.92 Å². The Bertz CT molecular complexity index is 322. The highest BCUT2D eigenvalue weighted by Gasteiger charge is 2.03. The van der Waals surface area contributed by atoms with Crippen LogP contribution in [0.25, 0.3) is 0 Å². The fraction of sp³-hybridized carbons (Fsp3) is 0.533. The third-order valence-corrected chi connectivity index (χ3v) is 2.52. The lowest BCUT2D eigenvalue weighted by molar-refractivity contribution is -0.123. The fourth-order valence-corrected chi connectivity index (χ4v) is 1.53. The molecule has 100 valence electrons. The van der Waals surface area contributed by atoms with Gasteiger partial charge in [0.1, 0.15) is 6.61 Å². The summed E-state index contributed by atoms with van der Waals surface area (Å²) < 4.78 is 10.6. The Morgan fingerprint density at radius 3 is 2.50 bits per heavy atom. The zero-order valence-electron chi connectivity index (χ0n) is 11.1. The van der Waals surface area contributed by atoms with Gasteiger partial charge in [0.15, 0.2) is 5.78 Å². The van der Waals surface area contributed by atoms with Gasteiger partial charge in [0, 0.05) is 13.0 Å². The first-order valence-electron chi connectivity index (χ1n) is 6.54. The number of ether oxygens (including phenoxy) is 2. The van der Waals surface area contributed by atoms with E-state index >= 15 is 0 Å². The zero-order valence-corrected chi connectivity index (χ0v) is 11.1. The van der Waals surface area contributed by atoms with Gasteiger partial charge in [-0.05, 0) is 12.0 Å². The van der Waals surface area contributed by atoms with Gasteiger partial charge < -0.3 is 9.47 Å². The van der Waals surface area contributed by atoms with Crippen LogP contribution in [0, 0.1) is 0 Å². The molecule has 0 aliphatic rings. The maximum absolute atomic E-state index is 11.6. The van der Waals surface area contributed by atoms with Crippen LogP contribution in [-0.4, -0.2) is 32.2 Å². The lowest BCUT2D eigenvalue weighted by Gasteiger charge is -2.05. The predicted octanol–water partition coefficient (Wildman–Crippen LogP) is 2.63. The van der Waals surface area contributed by atoms with Crippen LogP contribution in [0.4, 0.5) is 0 Å². The molecule has 1 aromatic carbocycles. The molecule has 1 aromatic rings. The van der Waals surface area contributed by atoms with Crippen LogP contribution in [0.15, 0.2) is 30.3 Å². The topological polar surface area (TPSA) is 35.5 Å². The molecule has 0 N–H and O–H groups in total. The average Bonchev–Trinajstić information content (AvgIpc) is 2.39. The molecule has 0 aliphatic heterocycles. The summed E-state index contributed by atoms with van der Waals surface area (Å²) >= 11 is 0. The van der Waals surface area contributed by atoms with Crippen molar-refractivity contribution in [3.63, 3.8) is 0 Å². The largest absolute Gasteiger partial charge is 0.379 e. The van der Waals surface area contributed by atoms with Crippen LogP contribution in [-0.2, 0) is 20.7 Å². The summed E-state index contributed by atoms with van der Waals surface area (Å²) in [7, 11) is 0. The van der Waals surface area contributed by atoms with Crippen LogP contribution < -0.4 is 0 Å². The van der Waals surface area contributed by atoms with Crippen molar-refractivity contribution in [1.29, 1.82) is 0 Å². The normalized spacial score (nSPS) is 10.5. The van der Waals surface area contributed by atoms with E-state index in [1.54, 1.807) is 0 Å². The Hall–Kier alpha value is -1.19. The van der Waals surface area contributed by atoms with Crippen molar-refractivity contribution in [2.45, 2.75) is 26.2 Å². The quantitative estimate of drug-likeness (QED) is 0.599. The summed E-state index contributed by atoms with van der Waals surface area (Å²) in [5, 5.41) is 0. The summed E-state index contributed by atoms with van der Waals surface area (Å²) in [6, 6.07) is 9.71. The summed E-state index contributed by atoms with van der Waals surface area (Å²) in [5.74, 6) is 0.106. The molecule has 0 fully saturated rings. The van der Waals surface area contributed by atoms with Crippen LogP contribution in [0.3, 0.4) is 0 Å². The van der Waals surface area contributed by atoms with E-state index < -0.39 is 0 Å². The standard InChI is InChI=1S/C15H22O3/c1-2-3-9-17-10-11-18-13-15(16)12-14-7-5-4-6-8-14/h4-8H,2-3,9-13H2,1H3. The summed E-state index contributed by atoms with van der Waals surface area (Å²) in [4.78, 5) is 11.6. The predicted molar refractivity (Wildman–Crippen MR) is 71.7 cm³/mol. The second-order valence-electron chi connectivity index (χ2n) is 4.22. The molecule has 0 amide bonds. The maximum atomic E-state index is 11.6. The first-order valence-corrected chi connectivity index (χ1v) is 6.54. The number of ketones is 1. The van der Waals surface area contributed by atoms with Gasteiger partial charge in [-0.25, -0.2) is 0 Å². The van der Waals surface area contributed by atoms with Gasteiger partial charge in [-0.3, -0.25) is 4.79 Å². The maximum Gasteiger partial charge on any atom is 0.162 e. The molecule has 0 saturated carbocycles. The van der Waals surface area contributed by atoms with Gasteiger partial charge in [-0.1, -0.05) is 43.7 Å². The van der Waals surface area contributed by atoms with Crippen molar-refractivity contribution in [2.24, 2.45) is 0 Å². The minimum atomic E-state index is 0.106. The smallest absolute Gasteiger partial charge is 0.162 e. The highest BCUT2D eigenvalue weighted by Crippen LogP contribution is 2.00. The number of hydrogen-bond donors (Lipinski definition) is 0. The summed E-state index contributed by atoms with van der Waals surface area (Å²) in [5.41, 5.74) is 1.03. The molecule has 18 heavy (non-hydrogen) atoms. The molecule has 0 bridgehead atoms. The molecule has 0 saturated heterocycles. The highest BCUT2D eigenvalue weighted by atomic mass is 16.5. The Kier molecular flexibility index (Phi) is 8.10. The van der Waals surface area contributed by atoms with Crippen molar-refractivity contribution in [2.75, 3.05) is 26.4 Å². The first-order chi connectivity index (χ1) is 8.83. The Morgan fingerprint density at radius 1 is 1.06 bits per heavy atom.